The molecule has 0 radical (unpaired) electrons. The van der Waals surface area contributed by atoms with Gasteiger partial charge >= 0.3 is 0 Å². The van der Waals surface area contributed by atoms with Gasteiger partial charge in [-0.15, -0.1) is 0 Å². The number of aryl methyl sites for hydroxylation is 1. The molecule has 0 aromatic carbocycles. The van der Waals surface area contributed by atoms with E-state index < -0.39 is 6.04 Å². The maximum atomic E-state index is 11.6. The molecule has 2 heterocycles. The van der Waals surface area contributed by atoms with Crippen molar-refractivity contribution in [1.82, 2.24) is 19.6 Å². The maximum Gasteiger partial charge on any atom is 0.254 e. The first-order chi connectivity index (χ1) is 9.02. The summed E-state index contributed by atoms with van der Waals surface area (Å²) in [6.07, 6.45) is 2.28. The van der Waals surface area contributed by atoms with Gasteiger partial charge in [0, 0.05) is 11.8 Å². The summed E-state index contributed by atoms with van der Waals surface area (Å²) in [7, 11) is 0. The number of nitrogens with two attached hydrogens (primary N) is 1. The number of anilines is 1. The summed E-state index contributed by atoms with van der Waals surface area (Å²) < 4.78 is 1.56. The summed E-state index contributed by atoms with van der Waals surface area (Å²) in [5, 5.41) is 7.23. The summed E-state index contributed by atoms with van der Waals surface area (Å²) in [6, 6.07) is 1.37. The molecular weight excluding hydrogens is 244 g/mol. The summed E-state index contributed by atoms with van der Waals surface area (Å²) in [6.45, 7) is 5.86. The Balaban J connectivity index is 2.38. The van der Waals surface area contributed by atoms with E-state index in [9.17, 15) is 4.79 Å². The molecule has 2 rings (SSSR count). The first-order valence-electron chi connectivity index (χ1n) is 6.26. The molecule has 1 amide bonds. The zero-order chi connectivity index (χ0) is 14.0. The van der Waals surface area contributed by atoms with Gasteiger partial charge in [-0.25, -0.2) is 4.98 Å². The van der Waals surface area contributed by atoms with Crippen molar-refractivity contribution in [1.29, 1.82) is 0 Å². The van der Waals surface area contributed by atoms with Gasteiger partial charge in [0.1, 0.15) is 18.2 Å². The SMILES string of the molecule is CC[C@@H](C)[C@H](Nc1cc(C)nc2ncnn12)C(N)=O. The second-order valence-electron chi connectivity index (χ2n) is 4.66. The van der Waals surface area contributed by atoms with Gasteiger partial charge in [-0.3, -0.25) is 4.79 Å². The number of hydrogen-bond acceptors (Lipinski definition) is 5. The molecule has 2 aromatic heterocycles. The highest BCUT2D eigenvalue weighted by atomic mass is 16.1. The van der Waals surface area contributed by atoms with Crippen LogP contribution >= 0.6 is 0 Å². The fourth-order valence-corrected chi connectivity index (χ4v) is 1.92. The lowest BCUT2D eigenvalue weighted by molar-refractivity contribution is -0.119. The first-order valence-corrected chi connectivity index (χ1v) is 6.26. The van der Waals surface area contributed by atoms with Crippen molar-refractivity contribution >= 4 is 17.5 Å². The van der Waals surface area contributed by atoms with E-state index in [-0.39, 0.29) is 11.8 Å². The van der Waals surface area contributed by atoms with Crippen LogP contribution in [0.3, 0.4) is 0 Å². The van der Waals surface area contributed by atoms with Crippen molar-refractivity contribution in [3.05, 3.63) is 18.1 Å². The van der Waals surface area contributed by atoms with Crippen LogP contribution in [0.4, 0.5) is 5.82 Å². The fraction of sp³-hybridized carbons (Fsp3) is 0.500. The minimum Gasteiger partial charge on any atom is -0.368 e. The predicted molar refractivity (Wildman–Crippen MR) is 71.6 cm³/mol. The van der Waals surface area contributed by atoms with E-state index in [0.717, 1.165) is 12.1 Å². The van der Waals surface area contributed by atoms with Gasteiger partial charge in [-0.1, -0.05) is 20.3 Å². The summed E-state index contributed by atoms with van der Waals surface area (Å²) in [5.74, 6) is 0.917. The van der Waals surface area contributed by atoms with Crippen LogP contribution in [0.2, 0.25) is 0 Å². The zero-order valence-corrected chi connectivity index (χ0v) is 11.3. The molecule has 0 bridgehead atoms. The molecule has 2 atom stereocenters. The molecule has 0 aliphatic heterocycles. The molecule has 2 aromatic rings. The van der Waals surface area contributed by atoms with Crippen molar-refractivity contribution in [2.75, 3.05) is 5.32 Å². The Kier molecular flexibility index (Phi) is 3.64. The fourth-order valence-electron chi connectivity index (χ4n) is 1.92. The van der Waals surface area contributed by atoms with Crippen LogP contribution in [-0.2, 0) is 4.79 Å². The first kappa shape index (κ1) is 13.3. The average molecular weight is 262 g/mol. The molecule has 3 N–H and O–H groups in total. The number of nitrogens with zero attached hydrogens (tertiary/aromatic N) is 4. The minimum atomic E-state index is -0.445. The van der Waals surface area contributed by atoms with Gasteiger partial charge in [-0.05, 0) is 12.8 Å². The number of carbonyl (C=O) groups is 1. The lowest BCUT2D eigenvalue weighted by Gasteiger charge is -2.22. The average Bonchev–Trinajstić information content (AvgIpc) is 2.82. The van der Waals surface area contributed by atoms with Gasteiger partial charge in [0.2, 0.25) is 5.91 Å². The van der Waals surface area contributed by atoms with Gasteiger partial charge in [-0.2, -0.15) is 14.6 Å². The highest BCUT2D eigenvalue weighted by Gasteiger charge is 2.22. The number of primary amides is 1. The Morgan fingerprint density at radius 1 is 1.58 bits per heavy atom. The molecule has 0 saturated heterocycles. The molecule has 102 valence electrons. The molecule has 0 spiro atoms. The Hall–Kier alpha value is -2.18. The topological polar surface area (TPSA) is 98.2 Å². The smallest absolute Gasteiger partial charge is 0.254 e. The van der Waals surface area contributed by atoms with Crippen molar-refractivity contribution in [2.24, 2.45) is 11.7 Å². The summed E-state index contributed by atoms with van der Waals surface area (Å²) in [5.41, 5.74) is 6.26. The Labute approximate surface area is 111 Å². The van der Waals surface area contributed by atoms with Crippen LogP contribution in [0.1, 0.15) is 26.0 Å². The van der Waals surface area contributed by atoms with Crippen LogP contribution in [0.15, 0.2) is 12.4 Å². The minimum absolute atomic E-state index is 0.129. The number of hydrogen-bond donors (Lipinski definition) is 2. The predicted octanol–water partition coefficient (Wildman–Crippen LogP) is 0.745. The van der Waals surface area contributed by atoms with Crippen molar-refractivity contribution < 1.29 is 4.79 Å². The third-order valence-corrected chi connectivity index (χ3v) is 3.20. The Morgan fingerprint density at radius 2 is 2.32 bits per heavy atom. The van der Waals surface area contributed by atoms with Crippen LogP contribution < -0.4 is 11.1 Å². The van der Waals surface area contributed by atoms with Gasteiger partial charge in [0.25, 0.3) is 5.78 Å². The van der Waals surface area contributed by atoms with Crippen molar-refractivity contribution in [2.45, 2.75) is 33.2 Å². The highest BCUT2D eigenvalue weighted by molar-refractivity contribution is 5.83. The van der Waals surface area contributed by atoms with E-state index in [1.165, 1.54) is 6.33 Å². The van der Waals surface area contributed by atoms with E-state index in [0.29, 0.717) is 11.6 Å². The number of fused-ring (bicyclic) bond motifs is 1. The second-order valence-corrected chi connectivity index (χ2v) is 4.66. The van der Waals surface area contributed by atoms with E-state index >= 15 is 0 Å². The third-order valence-electron chi connectivity index (χ3n) is 3.20. The molecule has 19 heavy (non-hydrogen) atoms. The Bertz CT molecular complexity index is 593. The lowest BCUT2D eigenvalue weighted by atomic mass is 9.99. The van der Waals surface area contributed by atoms with Crippen molar-refractivity contribution in [3.8, 4) is 0 Å². The van der Waals surface area contributed by atoms with Crippen LogP contribution in [0.5, 0.6) is 0 Å². The van der Waals surface area contributed by atoms with Gasteiger partial charge in [0.05, 0.1) is 0 Å². The monoisotopic (exact) mass is 262 g/mol. The van der Waals surface area contributed by atoms with Gasteiger partial charge < -0.3 is 11.1 Å². The molecule has 0 saturated carbocycles. The number of carbonyl (C=O) groups excluding carboxylic acids is 1. The lowest BCUT2D eigenvalue weighted by Crippen LogP contribution is -2.41. The Morgan fingerprint density at radius 3 is 2.95 bits per heavy atom. The largest absolute Gasteiger partial charge is 0.368 e. The summed E-state index contributed by atoms with van der Waals surface area (Å²) >= 11 is 0. The van der Waals surface area contributed by atoms with E-state index in [4.69, 9.17) is 5.73 Å². The van der Waals surface area contributed by atoms with Crippen molar-refractivity contribution in [3.63, 3.8) is 0 Å². The molecule has 0 fully saturated rings. The maximum absolute atomic E-state index is 11.6. The van der Waals surface area contributed by atoms with E-state index in [1.54, 1.807) is 4.52 Å². The van der Waals surface area contributed by atoms with Gasteiger partial charge in [0.15, 0.2) is 0 Å². The van der Waals surface area contributed by atoms with E-state index in [2.05, 4.69) is 20.4 Å². The molecule has 0 aliphatic carbocycles. The number of aromatic nitrogens is 4. The second kappa shape index (κ2) is 5.21. The highest BCUT2D eigenvalue weighted by Crippen LogP contribution is 2.16. The molecule has 7 heteroatoms. The quantitative estimate of drug-likeness (QED) is 0.828. The van der Waals surface area contributed by atoms with Crippen LogP contribution in [0, 0.1) is 12.8 Å². The molecular formula is C12H18N6O. The number of amides is 1. The number of nitrogens with one attached hydrogen (secondary N) is 1. The van der Waals surface area contributed by atoms with Crippen LogP contribution in [-0.4, -0.2) is 31.5 Å². The third kappa shape index (κ3) is 2.64. The van der Waals surface area contributed by atoms with Crippen LogP contribution in [0.25, 0.3) is 5.78 Å². The number of rotatable bonds is 5. The summed E-state index contributed by atoms with van der Waals surface area (Å²) in [4.78, 5) is 19.9. The molecule has 0 unspecified atom stereocenters. The normalized spacial score (nSPS) is 14.3. The zero-order valence-electron chi connectivity index (χ0n) is 11.3. The molecule has 0 aliphatic rings. The standard InChI is InChI=1S/C12H18N6O/c1-4-7(2)10(11(13)19)17-9-5-8(3)16-12-14-6-15-18(9)12/h5-7,10,17H,4H2,1-3H3,(H2,13,19)/t7-,10+/m1/s1. The van der Waals surface area contributed by atoms with E-state index in [1.807, 2.05) is 26.8 Å². The molecule has 7 nitrogen and oxygen atoms in total.